The molecule has 1 aromatic heterocycles. The van der Waals surface area contributed by atoms with Crippen molar-refractivity contribution in [2.75, 3.05) is 5.75 Å². The zero-order valence-electron chi connectivity index (χ0n) is 10.3. The van der Waals surface area contributed by atoms with E-state index in [1.165, 1.54) is 0 Å². The molecular weight excluding hydrogens is 282 g/mol. The number of nitrogens with zero attached hydrogens (tertiary/aromatic N) is 2. The summed E-state index contributed by atoms with van der Waals surface area (Å²) in [5.74, 6) is -0.386. The van der Waals surface area contributed by atoms with E-state index in [0.29, 0.717) is 11.1 Å². The molecule has 0 N–H and O–H groups in total. The van der Waals surface area contributed by atoms with Crippen LogP contribution in [0.3, 0.4) is 0 Å². The van der Waals surface area contributed by atoms with Crippen molar-refractivity contribution >= 4 is 21.2 Å². The third-order valence-electron chi connectivity index (χ3n) is 2.00. The maximum Gasteiger partial charge on any atom is 0.266 e. The molecule has 0 unspecified atom stereocenters. The first kappa shape index (κ1) is 15.2. The molecule has 0 spiro atoms. The molecule has 18 heavy (non-hydrogen) atoms. The van der Waals surface area contributed by atoms with E-state index in [4.69, 9.17) is 0 Å². The van der Waals surface area contributed by atoms with E-state index in [1.807, 2.05) is 20.8 Å². The van der Waals surface area contributed by atoms with E-state index in [-0.39, 0.29) is 21.9 Å². The average molecular weight is 296 g/mol. The zero-order chi connectivity index (χ0) is 14.0. The highest BCUT2D eigenvalue weighted by molar-refractivity contribution is 7.93. The van der Waals surface area contributed by atoms with Gasteiger partial charge in [-0.2, -0.15) is 8.78 Å². The molecule has 8 heteroatoms. The van der Waals surface area contributed by atoms with Crippen LogP contribution in [-0.2, 0) is 15.3 Å². The van der Waals surface area contributed by atoms with Crippen molar-refractivity contribution in [3.05, 3.63) is 17.2 Å². The summed E-state index contributed by atoms with van der Waals surface area (Å²) < 4.78 is 47.1. The van der Waals surface area contributed by atoms with Crippen LogP contribution in [0.25, 0.3) is 0 Å². The maximum absolute atomic E-state index is 11.8. The van der Waals surface area contributed by atoms with Gasteiger partial charge < -0.3 is 0 Å². The number of sulfone groups is 1. The lowest BCUT2D eigenvalue weighted by Gasteiger charge is -2.12. The van der Waals surface area contributed by atoms with E-state index < -0.39 is 15.9 Å². The number of rotatable bonds is 4. The highest BCUT2D eigenvalue weighted by atomic mass is 32.2. The summed E-state index contributed by atoms with van der Waals surface area (Å²) in [6, 6.07) is 0. The van der Waals surface area contributed by atoms with Crippen molar-refractivity contribution in [3.63, 3.8) is 0 Å². The third-order valence-corrected chi connectivity index (χ3v) is 5.54. The molecule has 0 saturated heterocycles. The minimum absolute atomic E-state index is 0.111. The van der Waals surface area contributed by atoms with Crippen LogP contribution in [0.2, 0.25) is 0 Å². The Balaban J connectivity index is 2.86. The molecule has 0 radical (unpaired) electrons. The number of hydrogen-bond donors (Lipinski definition) is 0. The largest absolute Gasteiger partial charge is 0.266 e. The fourth-order valence-corrected chi connectivity index (χ4v) is 3.45. The minimum Gasteiger partial charge on any atom is -0.221 e. The standard InChI is InChI=1S/C10H14F2N2O2S2/c1-10(2,3)8-13-14-9(17-8)18(15,16)6-4-5-7(11)12/h5H,4,6H2,1-3H3. The molecule has 0 aromatic carbocycles. The maximum atomic E-state index is 11.8. The molecular formula is C10H14F2N2O2S2. The van der Waals surface area contributed by atoms with Gasteiger partial charge in [0.15, 0.2) is 0 Å². The predicted molar refractivity (Wildman–Crippen MR) is 65.6 cm³/mol. The minimum atomic E-state index is -3.63. The average Bonchev–Trinajstić information content (AvgIpc) is 2.64. The molecule has 1 aromatic rings. The molecule has 0 aliphatic rings. The molecule has 1 rings (SSSR count). The van der Waals surface area contributed by atoms with Gasteiger partial charge in [-0.15, -0.1) is 10.2 Å². The highest BCUT2D eigenvalue weighted by Crippen LogP contribution is 2.28. The second kappa shape index (κ2) is 5.40. The Morgan fingerprint density at radius 1 is 1.33 bits per heavy atom. The van der Waals surface area contributed by atoms with Crippen LogP contribution >= 0.6 is 11.3 Å². The summed E-state index contributed by atoms with van der Waals surface area (Å²) in [5, 5.41) is 8.05. The first-order valence-electron chi connectivity index (χ1n) is 5.21. The monoisotopic (exact) mass is 296 g/mol. The Hall–Kier alpha value is -0.890. The SMILES string of the molecule is CC(C)(C)c1nnc(S(=O)(=O)CCC=C(F)F)s1. The number of hydrogen-bond acceptors (Lipinski definition) is 5. The van der Waals surface area contributed by atoms with E-state index >= 15 is 0 Å². The van der Waals surface area contributed by atoms with Gasteiger partial charge in [0.2, 0.25) is 14.2 Å². The van der Waals surface area contributed by atoms with Crippen LogP contribution < -0.4 is 0 Å². The highest BCUT2D eigenvalue weighted by Gasteiger charge is 2.25. The van der Waals surface area contributed by atoms with Crippen LogP contribution in [-0.4, -0.2) is 24.4 Å². The normalized spacial score (nSPS) is 12.5. The summed E-state index contributed by atoms with van der Waals surface area (Å²) in [6.07, 6.45) is -1.52. The fraction of sp³-hybridized carbons (Fsp3) is 0.600. The van der Waals surface area contributed by atoms with Gasteiger partial charge in [-0.25, -0.2) is 8.42 Å². The molecule has 0 atom stereocenters. The lowest BCUT2D eigenvalue weighted by molar-refractivity contribution is 0.418. The summed E-state index contributed by atoms with van der Waals surface area (Å²) in [5.41, 5.74) is -0.281. The summed E-state index contributed by atoms with van der Waals surface area (Å²) in [7, 11) is -3.63. The lowest BCUT2D eigenvalue weighted by atomic mass is 9.98. The molecule has 0 saturated carbocycles. The van der Waals surface area contributed by atoms with Crippen LogP contribution in [0.5, 0.6) is 0 Å². The van der Waals surface area contributed by atoms with Crippen molar-refractivity contribution < 1.29 is 17.2 Å². The topological polar surface area (TPSA) is 59.9 Å². The van der Waals surface area contributed by atoms with Crippen LogP contribution in [0.4, 0.5) is 8.78 Å². The first-order chi connectivity index (χ1) is 8.13. The molecule has 102 valence electrons. The van der Waals surface area contributed by atoms with Gasteiger partial charge in [0.25, 0.3) is 6.08 Å². The second-order valence-corrected chi connectivity index (χ2v) is 7.98. The van der Waals surface area contributed by atoms with Gasteiger partial charge in [-0.3, -0.25) is 0 Å². The zero-order valence-corrected chi connectivity index (χ0v) is 11.9. The smallest absolute Gasteiger partial charge is 0.221 e. The van der Waals surface area contributed by atoms with Gasteiger partial charge in [-0.05, 0) is 12.5 Å². The summed E-state index contributed by atoms with van der Waals surface area (Å²) >= 11 is 0.987. The fourth-order valence-electron chi connectivity index (χ4n) is 1.05. The molecule has 0 aliphatic heterocycles. The van der Waals surface area contributed by atoms with Gasteiger partial charge in [-0.1, -0.05) is 32.1 Å². The Labute approximate surface area is 109 Å². The molecule has 1 heterocycles. The molecule has 0 bridgehead atoms. The molecule has 0 fully saturated rings. The molecule has 4 nitrogen and oxygen atoms in total. The van der Waals surface area contributed by atoms with Crippen LogP contribution in [0, 0.1) is 0 Å². The van der Waals surface area contributed by atoms with Crippen molar-refractivity contribution in [2.24, 2.45) is 0 Å². The van der Waals surface area contributed by atoms with E-state index in [1.54, 1.807) is 0 Å². The third kappa shape index (κ3) is 4.09. The van der Waals surface area contributed by atoms with E-state index in [2.05, 4.69) is 10.2 Å². The van der Waals surface area contributed by atoms with E-state index in [9.17, 15) is 17.2 Å². The number of aromatic nitrogens is 2. The van der Waals surface area contributed by atoms with Crippen molar-refractivity contribution in [1.82, 2.24) is 10.2 Å². The summed E-state index contributed by atoms with van der Waals surface area (Å²) in [4.78, 5) is 0. The molecule has 0 aliphatic carbocycles. The number of halogens is 2. The lowest BCUT2D eigenvalue weighted by Crippen LogP contribution is -2.10. The van der Waals surface area contributed by atoms with Crippen LogP contribution in [0.1, 0.15) is 32.2 Å². The van der Waals surface area contributed by atoms with Crippen molar-refractivity contribution in [3.8, 4) is 0 Å². The second-order valence-electron chi connectivity index (χ2n) is 4.72. The van der Waals surface area contributed by atoms with Gasteiger partial charge in [0.1, 0.15) is 5.01 Å². The van der Waals surface area contributed by atoms with Crippen LogP contribution in [0.15, 0.2) is 16.5 Å². The van der Waals surface area contributed by atoms with Crippen molar-refractivity contribution in [2.45, 2.75) is 36.9 Å². The summed E-state index contributed by atoms with van der Waals surface area (Å²) in [6.45, 7) is 5.68. The van der Waals surface area contributed by atoms with Gasteiger partial charge in [0, 0.05) is 5.41 Å². The van der Waals surface area contributed by atoms with Crippen molar-refractivity contribution in [1.29, 1.82) is 0 Å². The Bertz CT molecular complexity index is 540. The molecule has 0 amide bonds. The Kier molecular flexibility index (Phi) is 4.55. The first-order valence-corrected chi connectivity index (χ1v) is 7.68. The quantitative estimate of drug-likeness (QED) is 0.857. The Morgan fingerprint density at radius 2 is 1.94 bits per heavy atom. The number of allylic oxidation sites excluding steroid dienone is 1. The predicted octanol–water partition coefficient (Wildman–Crippen LogP) is 2.78. The Morgan fingerprint density at radius 3 is 2.39 bits per heavy atom. The van der Waals surface area contributed by atoms with Gasteiger partial charge >= 0.3 is 0 Å². The van der Waals surface area contributed by atoms with E-state index in [0.717, 1.165) is 11.3 Å². The van der Waals surface area contributed by atoms with Gasteiger partial charge in [0.05, 0.1) is 5.75 Å².